The molecule has 5 nitrogen and oxygen atoms in total. The average Bonchev–Trinajstić information content (AvgIpc) is 2.36. The van der Waals surface area contributed by atoms with Crippen LogP contribution in [-0.2, 0) is 13.8 Å². The zero-order valence-corrected chi connectivity index (χ0v) is 14.1. The van der Waals surface area contributed by atoms with Crippen molar-refractivity contribution in [2.24, 2.45) is 5.92 Å². The Morgan fingerprint density at radius 2 is 2.00 bits per heavy atom. The maximum absolute atomic E-state index is 12.3. The van der Waals surface area contributed by atoms with Crippen LogP contribution < -0.4 is 5.32 Å². The van der Waals surface area contributed by atoms with Crippen molar-refractivity contribution in [3.63, 3.8) is 0 Å². The van der Waals surface area contributed by atoms with Crippen LogP contribution in [0.5, 0.6) is 0 Å². The monoisotopic (exact) mass is 333 g/mol. The number of nitrogens with one attached hydrogen (secondary N) is 1. The summed E-state index contributed by atoms with van der Waals surface area (Å²) in [5.41, 5.74) is 0.968. The van der Waals surface area contributed by atoms with E-state index in [0.717, 1.165) is 0 Å². The van der Waals surface area contributed by atoms with E-state index in [4.69, 9.17) is 15.4 Å². The Labute approximate surface area is 130 Å². The normalized spacial score (nSPS) is 13.2. The Hall–Kier alpha value is -1.11. The Kier molecular flexibility index (Phi) is 6.19. The van der Waals surface area contributed by atoms with E-state index < -0.39 is 9.05 Å². The van der Waals surface area contributed by atoms with Crippen LogP contribution in [-0.4, -0.2) is 34.1 Å². The van der Waals surface area contributed by atoms with Gasteiger partial charge in [0.05, 0.1) is 17.5 Å². The topological polar surface area (TPSA) is 72.5 Å². The molecule has 1 unspecified atom stereocenters. The molecular weight excluding hydrogens is 314 g/mol. The summed E-state index contributed by atoms with van der Waals surface area (Å²) in [6.45, 7) is 6.05. The number of methoxy groups -OCH3 is 1. The average molecular weight is 334 g/mol. The molecule has 7 heteroatoms. The lowest BCUT2D eigenvalue weighted by Gasteiger charge is -2.22. The first kappa shape index (κ1) is 17.9. The van der Waals surface area contributed by atoms with Crippen LogP contribution in [0.4, 0.5) is 0 Å². The summed E-state index contributed by atoms with van der Waals surface area (Å²) in [4.78, 5) is 12.2. The van der Waals surface area contributed by atoms with Gasteiger partial charge >= 0.3 is 0 Å². The summed E-state index contributed by atoms with van der Waals surface area (Å²) < 4.78 is 27.6. The molecule has 1 rings (SSSR count). The molecule has 1 aromatic carbocycles. The van der Waals surface area contributed by atoms with Crippen LogP contribution in [0.1, 0.15) is 29.8 Å². The van der Waals surface area contributed by atoms with Crippen molar-refractivity contribution >= 4 is 25.6 Å². The summed E-state index contributed by atoms with van der Waals surface area (Å²) in [7, 11) is 3.07. The Morgan fingerprint density at radius 3 is 2.43 bits per heavy atom. The van der Waals surface area contributed by atoms with Gasteiger partial charge in [-0.1, -0.05) is 13.8 Å². The molecule has 1 N–H and O–H groups in total. The first-order valence-corrected chi connectivity index (χ1v) is 8.83. The van der Waals surface area contributed by atoms with Gasteiger partial charge in [-0.25, -0.2) is 8.42 Å². The summed E-state index contributed by atoms with van der Waals surface area (Å²) in [5.74, 6) is -0.0431. The smallest absolute Gasteiger partial charge is 0.261 e. The number of aryl methyl sites for hydroxylation is 1. The summed E-state index contributed by atoms with van der Waals surface area (Å²) in [5, 5.41) is 2.89. The third-order valence-corrected chi connectivity index (χ3v) is 4.54. The fraction of sp³-hybridized carbons (Fsp3) is 0.500. The molecule has 1 atom stereocenters. The molecule has 0 saturated heterocycles. The second-order valence-corrected chi connectivity index (χ2v) is 7.76. The van der Waals surface area contributed by atoms with Crippen LogP contribution in [0.15, 0.2) is 23.1 Å². The molecule has 118 valence electrons. The van der Waals surface area contributed by atoms with Gasteiger partial charge in [0.15, 0.2) is 0 Å². The van der Waals surface area contributed by atoms with Crippen LogP contribution in [0.25, 0.3) is 0 Å². The molecule has 0 saturated carbocycles. The minimum atomic E-state index is -3.79. The van der Waals surface area contributed by atoms with Gasteiger partial charge in [-0.05, 0) is 36.6 Å². The molecule has 0 aliphatic rings. The predicted molar refractivity (Wildman–Crippen MR) is 82.2 cm³/mol. The number of ether oxygens (including phenoxy) is 1. The van der Waals surface area contributed by atoms with E-state index in [2.05, 4.69) is 5.32 Å². The summed E-state index contributed by atoms with van der Waals surface area (Å²) in [6.07, 6.45) is 0. The fourth-order valence-corrected chi connectivity index (χ4v) is 2.71. The van der Waals surface area contributed by atoms with Crippen molar-refractivity contribution in [2.45, 2.75) is 31.7 Å². The minimum absolute atomic E-state index is 0.0180. The van der Waals surface area contributed by atoms with Crippen LogP contribution >= 0.6 is 10.7 Å². The highest BCUT2D eigenvalue weighted by Crippen LogP contribution is 2.19. The Balaban J connectivity index is 2.98. The van der Waals surface area contributed by atoms with Crippen molar-refractivity contribution in [2.75, 3.05) is 13.7 Å². The van der Waals surface area contributed by atoms with Crippen molar-refractivity contribution in [1.29, 1.82) is 0 Å². The van der Waals surface area contributed by atoms with Gasteiger partial charge in [-0.2, -0.15) is 0 Å². The van der Waals surface area contributed by atoms with Gasteiger partial charge in [-0.15, -0.1) is 0 Å². The van der Waals surface area contributed by atoms with E-state index in [1.54, 1.807) is 14.0 Å². The van der Waals surface area contributed by atoms with Gasteiger partial charge in [0.2, 0.25) is 0 Å². The highest BCUT2D eigenvalue weighted by atomic mass is 35.7. The predicted octanol–water partition coefficient (Wildman–Crippen LogP) is 2.32. The molecule has 0 fully saturated rings. The zero-order valence-electron chi connectivity index (χ0n) is 12.5. The number of hydrogen-bond acceptors (Lipinski definition) is 4. The molecule has 0 bridgehead atoms. The van der Waals surface area contributed by atoms with Crippen LogP contribution in [0.3, 0.4) is 0 Å². The second kappa shape index (κ2) is 7.24. The number of benzene rings is 1. The zero-order chi connectivity index (χ0) is 16.2. The molecule has 0 radical (unpaired) electrons. The fourth-order valence-electron chi connectivity index (χ4n) is 1.87. The van der Waals surface area contributed by atoms with Crippen molar-refractivity contribution in [3.8, 4) is 0 Å². The number of carbonyl (C=O) groups excluding carboxylic acids is 1. The van der Waals surface area contributed by atoms with Crippen LogP contribution in [0, 0.1) is 12.8 Å². The summed E-state index contributed by atoms with van der Waals surface area (Å²) >= 11 is 0. The van der Waals surface area contributed by atoms with Gasteiger partial charge in [0.1, 0.15) is 0 Å². The summed E-state index contributed by atoms with van der Waals surface area (Å²) in [6, 6.07) is 4.06. The van der Waals surface area contributed by atoms with Crippen LogP contribution in [0.2, 0.25) is 0 Å². The van der Waals surface area contributed by atoms with E-state index in [0.29, 0.717) is 17.7 Å². The Bertz CT molecular complexity index is 613. The van der Waals surface area contributed by atoms with Gasteiger partial charge in [0, 0.05) is 23.4 Å². The first-order chi connectivity index (χ1) is 9.66. The molecule has 1 amide bonds. The van der Waals surface area contributed by atoms with Crippen molar-refractivity contribution in [1.82, 2.24) is 5.32 Å². The maximum atomic E-state index is 12.3. The van der Waals surface area contributed by atoms with Gasteiger partial charge in [-0.3, -0.25) is 4.79 Å². The standard InChI is InChI=1S/C14H20ClNO4S/c1-9(2)13(8-20-4)16-14(17)12-6-5-11(7-10(12)3)21(15,18)19/h5-7,9,13H,8H2,1-4H3,(H,16,17). The Morgan fingerprint density at radius 1 is 1.38 bits per heavy atom. The minimum Gasteiger partial charge on any atom is -0.383 e. The lowest BCUT2D eigenvalue weighted by Crippen LogP contribution is -2.41. The number of halogens is 1. The largest absolute Gasteiger partial charge is 0.383 e. The van der Waals surface area contributed by atoms with E-state index in [1.807, 2.05) is 13.8 Å². The maximum Gasteiger partial charge on any atom is 0.261 e. The quantitative estimate of drug-likeness (QED) is 0.811. The molecule has 1 aromatic rings. The van der Waals surface area contributed by atoms with E-state index >= 15 is 0 Å². The molecule has 0 aromatic heterocycles. The molecule has 0 heterocycles. The lowest BCUT2D eigenvalue weighted by atomic mass is 10.0. The van der Waals surface area contributed by atoms with E-state index in [-0.39, 0.29) is 22.8 Å². The van der Waals surface area contributed by atoms with Crippen molar-refractivity contribution in [3.05, 3.63) is 29.3 Å². The number of hydrogen-bond donors (Lipinski definition) is 1. The highest BCUT2D eigenvalue weighted by Gasteiger charge is 2.19. The molecule has 21 heavy (non-hydrogen) atoms. The highest BCUT2D eigenvalue weighted by molar-refractivity contribution is 8.13. The molecule has 0 aliphatic heterocycles. The van der Waals surface area contributed by atoms with Gasteiger partial charge in [0.25, 0.3) is 15.0 Å². The third kappa shape index (κ3) is 4.98. The second-order valence-electron chi connectivity index (χ2n) is 5.19. The number of rotatable bonds is 6. The third-order valence-electron chi connectivity index (χ3n) is 3.19. The SMILES string of the molecule is COCC(NC(=O)c1ccc(S(=O)(=O)Cl)cc1C)C(C)C. The van der Waals surface area contributed by atoms with E-state index in [1.165, 1.54) is 18.2 Å². The van der Waals surface area contributed by atoms with E-state index in [9.17, 15) is 13.2 Å². The molecule has 0 spiro atoms. The first-order valence-electron chi connectivity index (χ1n) is 6.52. The number of carbonyl (C=O) groups is 1. The number of amides is 1. The van der Waals surface area contributed by atoms with Gasteiger partial charge < -0.3 is 10.1 Å². The lowest BCUT2D eigenvalue weighted by molar-refractivity contribution is 0.0866. The molecule has 0 aliphatic carbocycles. The molecular formula is C14H20ClNO4S. The van der Waals surface area contributed by atoms with Crippen molar-refractivity contribution < 1.29 is 17.9 Å².